The topological polar surface area (TPSA) is 12.0 Å². The van der Waals surface area contributed by atoms with Crippen molar-refractivity contribution in [2.45, 2.75) is 59.9 Å². The van der Waals surface area contributed by atoms with Crippen molar-refractivity contribution in [3.8, 4) is 0 Å². The third-order valence-electron chi connectivity index (χ3n) is 5.00. The minimum atomic E-state index is 0.481. The van der Waals surface area contributed by atoms with E-state index in [1.54, 1.807) is 0 Å². The number of hydrogen-bond acceptors (Lipinski definition) is 1. The van der Waals surface area contributed by atoms with Crippen molar-refractivity contribution in [2.24, 2.45) is 0 Å². The maximum atomic E-state index is 3.59. The molecule has 1 N–H and O–H groups in total. The van der Waals surface area contributed by atoms with Crippen molar-refractivity contribution in [1.29, 1.82) is 0 Å². The van der Waals surface area contributed by atoms with Crippen LogP contribution in [0.4, 0.5) is 0 Å². The van der Waals surface area contributed by atoms with E-state index in [1.165, 1.54) is 46.3 Å². The number of nitrogens with one attached hydrogen (secondary N) is 1. The van der Waals surface area contributed by atoms with Gasteiger partial charge in [0.1, 0.15) is 0 Å². The highest BCUT2D eigenvalue weighted by molar-refractivity contribution is 5.55. The largest absolute Gasteiger partial charge is 0.313 e. The second-order valence-electron chi connectivity index (χ2n) is 6.28. The van der Waals surface area contributed by atoms with Crippen LogP contribution in [0.15, 0.2) is 46.6 Å². The Morgan fingerprint density at radius 3 is 2.19 bits per heavy atom. The Balaban J connectivity index is 2.25. The molecule has 1 aliphatic rings. The molecule has 0 aliphatic heterocycles. The lowest BCUT2D eigenvalue weighted by molar-refractivity contribution is 0.637. The summed E-state index contributed by atoms with van der Waals surface area (Å²) in [5.74, 6) is 0.481. The maximum absolute atomic E-state index is 3.59. The molecule has 0 bridgehead atoms. The fourth-order valence-electron chi connectivity index (χ4n) is 3.32. The zero-order chi connectivity index (χ0) is 15.4. The van der Waals surface area contributed by atoms with Crippen LogP contribution in [0.3, 0.4) is 0 Å². The summed E-state index contributed by atoms with van der Waals surface area (Å²) >= 11 is 0. The highest BCUT2D eigenvalue weighted by Gasteiger charge is 2.27. The molecule has 1 aromatic carbocycles. The van der Waals surface area contributed by atoms with Crippen LogP contribution in [0.5, 0.6) is 0 Å². The van der Waals surface area contributed by atoms with E-state index in [1.807, 2.05) is 0 Å². The fourth-order valence-corrected chi connectivity index (χ4v) is 3.32. The highest BCUT2D eigenvalue weighted by atomic mass is 14.8. The van der Waals surface area contributed by atoms with Gasteiger partial charge in [-0.25, -0.2) is 0 Å². The van der Waals surface area contributed by atoms with Crippen molar-refractivity contribution in [2.75, 3.05) is 6.54 Å². The van der Waals surface area contributed by atoms with Gasteiger partial charge in [-0.05, 0) is 62.9 Å². The molecule has 0 atom stereocenters. The SMILES string of the molecule is CCCCNCc1ccccc1C1C(C)=C(C)C(C)=C1C. The van der Waals surface area contributed by atoms with Crippen molar-refractivity contribution >= 4 is 0 Å². The second-order valence-corrected chi connectivity index (χ2v) is 6.28. The minimum absolute atomic E-state index is 0.481. The summed E-state index contributed by atoms with van der Waals surface area (Å²) in [5.41, 5.74) is 8.92. The molecule has 1 aliphatic carbocycles. The van der Waals surface area contributed by atoms with E-state index in [9.17, 15) is 0 Å². The molecule has 0 fully saturated rings. The molecule has 114 valence electrons. The zero-order valence-electron chi connectivity index (χ0n) is 14.2. The molecule has 0 saturated heterocycles. The smallest absolute Gasteiger partial charge is 0.0267 e. The van der Waals surface area contributed by atoms with E-state index in [4.69, 9.17) is 0 Å². The van der Waals surface area contributed by atoms with Crippen LogP contribution in [0.1, 0.15) is 64.5 Å². The predicted octanol–water partition coefficient (Wildman–Crippen LogP) is 5.35. The quantitative estimate of drug-likeness (QED) is 0.694. The van der Waals surface area contributed by atoms with Crippen LogP contribution in [-0.2, 0) is 6.54 Å². The molecule has 21 heavy (non-hydrogen) atoms. The van der Waals surface area contributed by atoms with Gasteiger partial charge >= 0.3 is 0 Å². The molecule has 1 aromatic rings. The first kappa shape index (κ1) is 16.0. The van der Waals surface area contributed by atoms with Gasteiger partial charge in [-0.15, -0.1) is 0 Å². The monoisotopic (exact) mass is 283 g/mol. The van der Waals surface area contributed by atoms with Crippen molar-refractivity contribution in [3.05, 3.63) is 57.7 Å². The van der Waals surface area contributed by atoms with Crippen molar-refractivity contribution < 1.29 is 0 Å². The highest BCUT2D eigenvalue weighted by Crippen LogP contribution is 2.43. The molecule has 0 radical (unpaired) electrons. The molecule has 0 aromatic heterocycles. The average Bonchev–Trinajstić information content (AvgIpc) is 2.68. The lowest BCUT2D eigenvalue weighted by Gasteiger charge is -2.20. The molecule has 0 heterocycles. The first-order valence-electron chi connectivity index (χ1n) is 8.21. The molecule has 1 nitrogen and oxygen atoms in total. The van der Waals surface area contributed by atoms with Gasteiger partial charge in [-0.1, -0.05) is 48.8 Å². The lowest BCUT2D eigenvalue weighted by atomic mass is 9.86. The van der Waals surface area contributed by atoms with Gasteiger partial charge in [0.05, 0.1) is 0 Å². The van der Waals surface area contributed by atoms with Gasteiger partial charge in [0.25, 0.3) is 0 Å². The van der Waals surface area contributed by atoms with E-state index in [-0.39, 0.29) is 0 Å². The molecular formula is C20H29N. The second kappa shape index (κ2) is 7.09. The van der Waals surface area contributed by atoms with Crippen molar-refractivity contribution in [1.82, 2.24) is 5.32 Å². The third kappa shape index (κ3) is 3.29. The minimum Gasteiger partial charge on any atom is -0.313 e. The molecule has 0 spiro atoms. The van der Waals surface area contributed by atoms with Crippen LogP contribution in [0.25, 0.3) is 0 Å². The third-order valence-corrected chi connectivity index (χ3v) is 5.00. The van der Waals surface area contributed by atoms with Crippen LogP contribution in [0.2, 0.25) is 0 Å². The van der Waals surface area contributed by atoms with Gasteiger partial charge in [-0.3, -0.25) is 0 Å². The van der Waals surface area contributed by atoms with E-state index in [2.05, 4.69) is 64.2 Å². The number of benzene rings is 1. The Labute approximate surface area is 130 Å². The molecule has 1 heteroatoms. The lowest BCUT2D eigenvalue weighted by Crippen LogP contribution is -2.16. The number of rotatable bonds is 6. The number of hydrogen-bond donors (Lipinski definition) is 1. The number of allylic oxidation sites excluding steroid dienone is 4. The molecule has 0 saturated carbocycles. The van der Waals surface area contributed by atoms with Gasteiger partial charge < -0.3 is 5.32 Å². The van der Waals surface area contributed by atoms with Crippen LogP contribution < -0.4 is 5.32 Å². The Kier molecular flexibility index (Phi) is 5.41. The summed E-state index contributed by atoms with van der Waals surface area (Å²) in [5, 5.41) is 3.59. The van der Waals surface area contributed by atoms with Crippen LogP contribution in [0, 0.1) is 0 Å². The normalized spacial score (nSPS) is 16.2. The summed E-state index contributed by atoms with van der Waals surface area (Å²) in [4.78, 5) is 0. The summed E-state index contributed by atoms with van der Waals surface area (Å²) in [6.45, 7) is 13.4. The zero-order valence-corrected chi connectivity index (χ0v) is 14.2. The fraction of sp³-hybridized carbons (Fsp3) is 0.500. The summed E-state index contributed by atoms with van der Waals surface area (Å²) in [6, 6.07) is 8.92. The van der Waals surface area contributed by atoms with Crippen LogP contribution >= 0.6 is 0 Å². The molecule has 0 amide bonds. The average molecular weight is 283 g/mol. The summed E-state index contributed by atoms with van der Waals surface area (Å²) in [7, 11) is 0. The molecule has 2 rings (SSSR count). The van der Waals surface area contributed by atoms with E-state index in [0.717, 1.165) is 13.1 Å². The first-order valence-corrected chi connectivity index (χ1v) is 8.21. The van der Waals surface area contributed by atoms with Crippen LogP contribution in [-0.4, -0.2) is 6.54 Å². The Morgan fingerprint density at radius 1 is 0.952 bits per heavy atom. The van der Waals surface area contributed by atoms with Gasteiger partial charge in [0.2, 0.25) is 0 Å². The molecule has 0 unspecified atom stereocenters. The maximum Gasteiger partial charge on any atom is 0.0267 e. The standard InChI is InChI=1S/C20H29N/c1-6-7-12-21-13-18-10-8-9-11-19(18)20-16(4)14(2)15(3)17(20)5/h8-11,20-21H,6-7,12-13H2,1-5H3. The Hall–Kier alpha value is -1.34. The van der Waals surface area contributed by atoms with Gasteiger partial charge in [0.15, 0.2) is 0 Å². The van der Waals surface area contributed by atoms with Gasteiger partial charge in [0, 0.05) is 12.5 Å². The van der Waals surface area contributed by atoms with E-state index < -0.39 is 0 Å². The van der Waals surface area contributed by atoms with E-state index in [0.29, 0.717) is 5.92 Å². The predicted molar refractivity (Wildman–Crippen MR) is 92.5 cm³/mol. The molecular weight excluding hydrogens is 254 g/mol. The van der Waals surface area contributed by atoms with E-state index >= 15 is 0 Å². The summed E-state index contributed by atoms with van der Waals surface area (Å²) < 4.78 is 0. The summed E-state index contributed by atoms with van der Waals surface area (Å²) in [6.07, 6.45) is 2.50. The van der Waals surface area contributed by atoms with Crippen molar-refractivity contribution in [3.63, 3.8) is 0 Å². The Bertz CT molecular complexity index is 539. The first-order chi connectivity index (χ1) is 10.1. The van der Waals surface area contributed by atoms with Gasteiger partial charge in [-0.2, -0.15) is 0 Å². The Morgan fingerprint density at radius 2 is 1.57 bits per heavy atom. The number of unbranched alkanes of at least 4 members (excludes halogenated alkanes) is 1.